The van der Waals surface area contributed by atoms with E-state index in [1.807, 2.05) is 6.33 Å². The lowest BCUT2D eigenvalue weighted by Gasteiger charge is -2.28. The fraction of sp³-hybridized carbons (Fsp3) is 0.562. The van der Waals surface area contributed by atoms with Gasteiger partial charge in [0, 0.05) is 17.0 Å². The average molecular weight is 332 g/mol. The number of thioether (sulfide) groups is 1. The molecule has 0 saturated carbocycles. The van der Waals surface area contributed by atoms with E-state index in [2.05, 4.69) is 21.5 Å². The molecule has 2 aromatic heterocycles. The molecule has 0 spiro atoms. The molecule has 4 rings (SSSR count). The fourth-order valence-corrected chi connectivity index (χ4v) is 3.97. The number of hydrogen-bond acceptors (Lipinski definition) is 6. The Kier molecular flexibility index (Phi) is 3.98. The second-order valence-corrected chi connectivity index (χ2v) is 6.90. The first kappa shape index (κ1) is 15.0. The van der Waals surface area contributed by atoms with Crippen molar-refractivity contribution in [2.24, 2.45) is 0 Å². The molecule has 1 saturated heterocycles. The number of aromatic nitrogens is 4. The minimum atomic E-state index is 0.442. The van der Waals surface area contributed by atoms with Gasteiger partial charge >= 0.3 is 0 Å². The Morgan fingerprint density at radius 1 is 1.35 bits per heavy atom. The van der Waals surface area contributed by atoms with Crippen LogP contribution < -0.4 is 4.74 Å². The van der Waals surface area contributed by atoms with Crippen LogP contribution in [0.25, 0.3) is 0 Å². The van der Waals surface area contributed by atoms with Crippen LogP contribution in [0, 0.1) is 6.92 Å². The zero-order valence-corrected chi connectivity index (χ0v) is 14.2. The molecule has 7 heteroatoms. The van der Waals surface area contributed by atoms with Gasteiger partial charge in [0.05, 0.1) is 44.1 Å². The number of aryl methyl sites for hydroxylation is 1. The average Bonchev–Trinajstić information content (AvgIpc) is 3.11. The van der Waals surface area contributed by atoms with E-state index >= 15 is 0 Å². The summed E-state index contributed by atoms with van der Waals surface area (Å²) in [6.45, 7) is 3.69. The SMILES string of the molecule is COc1nc(SCc2ncn(C3COC3)c2C)nc2c1CCC2. The van der Waals surface area contributed by atoms with Crippen LogP contribution >= 0.6 is 11.8 Å². The van der Waals surface area contributed by atoms with Crippen molar-refractivity contribution >= 4 is 11.8 Å². The Labute approximate surface area is 139 Å². The molecule has 1 fully saturated rings. The normalized spacial score (nSPS) is 17.1. The van der Waals surface area contributed by atoms with Crippen LogP contribution in [-0.2, 0) is 23.3 Å². The Morgan fingerprint density at radius 2 is 2.22 bits per heavy atom. The molecular formula is C16H20N4O2S. The smallest absolute Gasteiger partial charge is 0.220 e. The van der Waals surface area contributed by atoms with Crippen molar-refractivity contribution < 1.29 is 9.47 Å². The van der Waals surface area contributed by atoms with Crippen molar-refractivity contribution in [3.05, 3.63) is 29.0 Å². The molecular weight excluding hydrogens is 312 g/mol. The summed E-state index contributed by atoms with van der Waals surface area (Å²) in [5, 5.41) is 0.781. The maximum atomic E-state index is 5.43. The maximum absolute atomic E-state index is 5.43. The van der Waals surface area contributed by atoms with Gasteiger partial charge in [0.15, 0.2) is 5.16 Å². The molecule has 0 unspecified atom stereocenters. The number of hydrogen-bond donors (Lipinski definition) is 0. The third kappa shape index (κ3) is 2.72. The summed E-state index contributed by atoms with van der Waals surface area (Å²) >= 11 is 1.62. The predicted molar refractivity (Wildman–Crippen MR) is 87.0 cm³/mol. The number of fused-ring (bicyclic) bond motifs is 1. The highest BCUT2D eigenvalue weighted by Gasteiger charge is 2.23. The second-order valence-electron chi connectivity index (χ2n) is 5.96. The van der Waals surface area contributed by atoms with Gasteiger partial charge in [-0.15, -0.1) is 0 Å². The van der Waals surface area contributed by atoms with Crippen LogP contribution in [0.3, 0.4) is 0 Å². The number of rotatable bonds is 5. The first-order valence-electron chi connectivity index (χ1n) is 7.93. The molecule has 2 aliphatic rings. The van der Waals surface area contributed by atoms with E-state index in [0.717, 1.165) is 60.7 Å². The lowest BCUT2D eigenvalue weighted by Crippen LogP contribution is -2.30. The number of methoxy groups -OCH3 is 1. The van der Waals surface area contributed by atoms with Crippen molar-refractivity contribution in [3.63, 3.8) is 0 Å². The molecule has 23 heavy (non-hydrogen) atoms. The third-order valence-electron chi connectivity index (χ3n) is 4.56. The van der Waals surface area contributed by atoms with Crippen molar-refractivity contribution in [2.75, 3.05) is 20.3 Å². The first-order chi connectivity index (χ1) is 11.3. The Morgan fingerprint density at radius 3 is 2.96 bits per heavy atom. The van der Waals surface area contributed by atoms with E-state index < -0.39 is 0 Å². The highest BCUT2D eigenvalue weighted by molar-refractivity contribution is 7.98. The highest BCUT2D eigenvalue weighted by atomic mass is 32.2. The molecule has 2 aromatic rings. The van der Waals surface area contributed by atoms with Crippen LogP contribution in [0.2, 0.25) is 0 Å². The second kappa shape index (κ2) is 6.13. The van der Waals surface area contributed by atoms with E-state index in [9.17, 15) is 0 Å². The molecule has 0 amide bonds. The molecule has 0 atom stereocenters. The van der Waals surface area contributed by atoms with Crippen molar-refractivity contribution in [2.45, 2.75) is 43.1 Å². The van der Waals surface area contributed by atoms with E-state index in [-0.39, 0.29) is 0 Å². The molecule has 1 aliphatic heterocycles. The number of ether oxygens (including phenoxy) is 2. The summed E-state index contributed by atoms with van der Waals surface area (Å²) in [6.07, 6.45) is 5.11. The van der Waals surface area contributed by atoms with Gasteiger partial charge in [-0.3, -0.25) is 0 Å². The molecule has 3 heterocycles. The monoisotopic (exact) mass is 332 g/mol. The van der Waals surface area contributed by atoms with Crippen LogP contribution in [0.4, 0.5) is 0 Å². The van der Waals surface area contributed by atoms with Gasteiger partial charge < -0.3 is 14.0 Å². The standard InChI is InChI=1S/C16H20N4O2S/c1-10-14(17-9-20(10)11-6-22-7-11)8-23-16-18-13-5-3-4-12(13)15(19-16)21-2/h9,11H,3-8H2,1-2H3. The van der Waals surface area contributed by atoms with Gasteiger partial charge in [0.1, 0.15) is 0 Å². The number of imidazole rings is 1. The van der Waals surface area contributed by atoms with E-state index in [1.165, 1.54) is 11.3 Å². The summed E-state index contributed by atoms with van der Waals surface area (Å²) in [6, 6.07) is 0.442. The summed E-state index contributed by atoms with van der Waals surface area (Å²) in [5.74, 6) is 1.51. The molecule has 0 bridgehead atoms. The topological polar surface area (TPSA) is 62.1 Å². The fourth-order valence-electron chi connectivity index (χ4n) is 3.10. The minimum Gasteiger partial charge on any atom is -0.481 e. The molecule has 0 N–H and O–H groups in total. The van der Waals surface area contributed by atoms with E-state index in [4.69, 9.17) is 14.5 Å². The van der Waals surface area contributed by atoms with E-state index in [1.54, 1.807) is 18.9 Å². The first-order valence-corrected chi connectivity index (χ1v) is 8.91. The zero-order chi connectivity index (χ0) is 15.8. The van der Waals surface area contributed by atoms with Crippen LogP contribution in [0.5, 0.6) is 5.88 Å². The van der Waals surface area contributed by atoms with Gasteiger partial charge in [-0.1, -0.05) is 11.8 Å². The molecule has 6 nitrogen and oxygen atoms in total. The zero-order valence-electron chi connectivity index (χ0n) is 13.4. The van der Waals surface area contributed by atoms with Crippen LogP contribution in [-0.4, -0.2) is 39.8 Å². The quantitative estimate of drug-likeness (QED) is 0.619. The van der Waals surface area contributed by atoms with Gasteiger partial charge in [0.2, 0.25) is 5.88 Å². The minimum absolute atomic E-state index is 0.442. The summed E-state index contributed by atoms with van der Waals surface area (Å²) in [5.41, 5.74) is 4.62. The predicted octanol–water partition coefficient (Wildman–Crippen LogP) is 2.34. The van der Waals surface area contributed by atoms with Crippen LogP contribution in [0.1, 0.15) is 35.1 Å². The van der Waals surface area contributed by atoms with Crippen molar-refractivity contribution in [1.82, 2.24) is 19.5 Å². The Balaban J connectivity index is 1.50. The summed E-state index contributed by atoms with van der Waals surface area (Å²) in [7, 11) is 1.68. The lowest BCUT2D eigenvalue weighted by molar-refractivity contribution is -0.0241. The summed E-state index contributed by atoms with van der Waals surface area (Å²) in [4.78, 5) is 13.8. The van der Waals surface area contributed by atoms with Crippen molar-refractivity contribution in [1.29, 1.82) is 0 Å². The molecule has 122 valence electrons. The highest BCUT2D eigenvalue weighted by Crippen LogP contribution is 2.31. The Bertz CT molecular complexity index is 727. The summed E-state index contributed by atoms with van der Waals surface area (Å²) < 4.78 is 12.9. The lowest BCUT2D eigenvalue weighted by atomic mass is 10.2. The van der Waals surface area contributed by atoms with Gasteiger partial charge in [-0.25, -0.2) is 9.97 Å². The van der Waals surface area contributed by atoms with E-state index in [0.29, 0.717) is 6.04 Å². The Hall–Kier alpha value is -1.60. The van der Waals surface area contributed by atoms with Crippen molar-refractivity contribution in [3.8, 4) is 5.88 Å². The third-order valence-corrected chi connectivity index (χ3v) is 5.42. The van der Waals surface area contributed by atoms with Gasteiger partial charge in [-0.2, -0.15) is 4.98 Å². The largest absolute Gasteiger partial charge is 0.481 e. The number of nitrogens with zero attached hydrogens (tertiary/aromatic N) is 4. The van der Waals surface area contributed by atoms with Gasteiger partial charge in [0.25, 0.3) is 0 Å². The maximum Gasteiger partial charge on any atom is 0.220 e. The van der Waals surface area contributed by atoms with Crippen LogP contribution in [0.15, 0.2) is 11.5 Å². The molecule has 0 radical (unpaired) electrons. The molecule has 1 aliphatic carbocycles. The van der Waals surface area contributed by atoms with Gasteiger partial charge in [-0.05, 0) is 26.2 Å². The molecule has 0 aromatic carbocycles.